The molecule has 5 heteroatoms. The Hall–Kier alpha value is -0.910. The first kappa shape index (κ1) is 12.5. The molecule has 0 bridgehead atoms. The van der Waals surface area contributed by atoms with E-state index in [1.54, 1.807) is 0 Å². The molecule has 2 rings (SSSR count). The summed E-state index contributed by atoms with van der Waals surface area (Å²) >= 11 is 3.36. The van der Waals surface area contributed by atoms with Crippen LogP contribution in [0.15, 0.2) is 28.7 Å². The van der Waals surface area contributed by atoms with Gasteiger partial charge in [-0.15, -0.1) is 0 Å². The Bertz CT molecular complexity index is 374. The second-order valence-corrected chi connectivity index (χ2v) is 4.69. The standard InChI is InChI=1S/C12H14BrNO3/c13-10-3-1-9(2-4-10)7-14-12(15)11-8-16-5-6-17-11/h1-4,11H,5-8H2,(H,14,15). The van der Waals surface area contributed by atoms with Crippen LogP contribution in [0.4, 0.5) is 0 Å². The SMILES string of the molecule is O=C(NCc1ccc(Br)cc1)C1COCCO1. The Morgan fingerprint density at radius 1 is 1.35 bits per heavy atom. The molecule has 1 N–H and O–H groups in total. The van der Waals surface area contributed by atoms with Crippen molar-refractivity contribution >= 4 is 21.8 Å². The van der Waals surface area contributed by atoms with E-state index in [1.807, 2.05) is 24.3 Å². The molecule has 0 saturated carbocycles. The van der Waals surface area contributed by atoms with E-state index < -0.39 is 6.10 Å². The predicted octanol–water partition coefficient (Wildman–Crippen LogP) is 1.48. The zero-order chi connectivity index (χ0) is 12.1. The minimum atomic E-state index is -0.473. The van der Waals surface area contributed by atoms with E-state index in [0.29, 0.717) is 26.4 Å². The lowest BCUT2D eigenvalue weighted by atomic mass is 10.2. The lowest BCUT2D eigenvalue weighted by Gasteiger charge is -2.22. The molecule has 0 aliphatic carbocycles. The highest BCUT2D eigenvalue weighted by atomic mass is 79.9. The molecule has 1 aromatic rings. The van der Waals surface area contributed by atoms with Gasteiger partial charge in [0.25, 0.3) is 5.91 Å². The third-order valence-electron chi connectivity index (χ3n) is 2.49. The summed E-state index contributed by atoms with van der Waals surface area (Å²) in [4.78, 5) is 11.7. The molecule has 1 amide bonds. The lowest BCUT2D eigenvalue weighted by Crippen LogP contribution is -2.42. The molecule has 0 spiro atoms. The van der Waals surface area contributed by atoms with E-state index in [4.69, 9.17) is 9.47 Å². The van der Waals surface area contributed by atoms with Crippen molar-refractivity contribution in [2.45, 2.75) is 12.6 Å². The molecule has 1 aliphatic heterocycles. The Balaban J connectivity index is 1.81. The van der Waals surface area contributed by atoms with E-state index in [-0.39, 0.29) is 5.91 Å². The van der Waals surface area contributed by atoms with Gasteiger partial charge in [0.15, 0.2) is 6.10 Å². The van der Waals surface area contributed by atoms with Crippen LogP contribution in [-0.4, -0.2) is 31.8 Å². The Morgan fingerprint density at radius 3 is 2.76 bits per heavy atom. The van der Waals surface area contributed by atoms with Crippen LogP contribution in [0.25, 0.3) is 0 Å². The third kappa shape index (κ3) is 3.80. The number of hydrogen-bond donors (Lipinski definition) is 1. The van der Waals surface area contributed by atoms with Gasteiger partial charge in [0.2, 0.25) is 0 Å². The maximum absolute atomic E-state index is 11.7. The number of halogens is 1. The van der Waals surface area contributed by atoms with Crippen LogP contribution in [0.5, 0.6) is 0 Å². The van der Waals surface area contributed by atoms with Crippen molar-refractivity contribution in [1.82, 2.24) is 5.32 Å². The summed E-state index contributed by atoms with van der Waals surface area (Å²) in [6.45, 7) is 1.89. The molecule has 17 heavy (non-hydrogen) atoms. The van der Waals surface area contributed by atoms with Crippen molar-refractivity contribution in [2.24, 2.45) is 0 Å². The van der Waals surface area contributed by atoms with Gasteiger partial charge in [-0.25, -0.2) is 0 Å². The molecule has 1 unspecified atom stereocenters. The zero-order valence-electron chi connectivity index (χ0n) is 9.32. The van der Waals surface area contributed by atoms with Gasteiger partial charge in [-0.2, -0.15) is 0 Å². The molecule has 92 valence electrons. The molecular formula is C12H14BrNO3. The van der Waals surface area contributed by atoms with Crippen molar-refractivity contribution in [3.05, 3.63) is 34.3 Å². The minimum Gasteiger partial charge on any atom is -0.376 e. The Morgan fingerprint density at radius 2 is 2.12 bits per heavy atom. The molecule has 1 heterocycles. The van der Waals surface area contributed by atoms with Crippen molar-refractivity contribution in [2.75, 3.05) is 19.8 Å². The molecular weight excluding hydrogens is 286 g/mol. The predicted molar refractivity (Wildman–Crippen MR) is 66.5 cm³/mol. The zero-order valence-corrected chi connectivity index (χ0v) is 10.9. The maximum atomic E-state index is 11.7. The fourth-order valence-corrected chi connectivity index (χ4v) is 1.81. The van der Waals surface area contributed by atoms with Gasteiger partial charge in [-0.05, 0) is 17.7 Å². The number of hydrogen-bond acceptors (Lipinski definition) is 3. The van der Waals surface area contributed by atoms with Gasteiger partial charge < -0.3 is 14.8 Å². The molecule has 1 saturated heterocycles. The van der Waals surface area contributed by atoms with Crippen LogP contribution in [0.1, 0.15) is 5.56 Å². The van der Waals surface area contributed by atoms with Gasteiger partial charge >= 0.3 is 0 Å². The molecule has 1 fully saturated rings. The number of ether oxygens (including phenoxy) is 2. The second kappa shape index (κ2) is 6.14. The average molecular weight is 300 g/mol. The van der Waals surface area contributed by atoms with Gasteiger partial charge in [0.1, 0.15) is 0 Å². The van der Waals surface area contributed by atoms with E-state index in [9.17, 15) is 4.79 Å². The summed E-state index contributed by atoms with van der Waals surface area (Å²) in [7, 11) is 0. The summed E-state index contributed by atoms with van der Waals surface area (Å²) < 4.78 is 11.5. The first-order valence-electron chi connectivity index (χ1n) is 5.47. The van der Waals surface area contributed by atoms with Crippen molar-refractivity contribution in [3.63, 3.8) is 0 Å². The van der Waals surface area contributed by atoms with Crippen molar-refractivity contribution in [3.8, 4) is 0 Å². The van der Waals surface area contributed by atoms with Crippen LogP contribution in [0.3, 0.4) is 0 Å². The van der Waals surface area contributed by atoms with Crippen LogP contribution < -0.4 is 5.32 Å². The van der Waals surface area contributed by atoms with Gasteiger partial charge in [-0.3, -0.25) is 4.79 Å². The molecule has 1 aromatic carbocycles. The highest BCUT2D eigenvalue weighted by Gasteiger charge is 2.21. The summed E-state index contributed by atoms with van der Waals surface area (Å²) in [6, 6.07) is 7.81. The number of benzene rings is 1. The fraction of sp³-hybridized carbons (Fsp3) is 0.417. The Kier molecular flexibility index (Phi) is 4.53. The maximum Gasteiger partial charge on any atom is 0.251 e. The largest absolute Gasteiger partial charge is 0.376 e. The van der Waals surface area contributed by atoms with E-state index >= 15 is 0 Å². The normalized spacial score (nSPS) is 19.9. The Labute approximate surface area is 108 Å². The minimum absolute atomic E-state index is 0.118. The number of nitrogens with one attached hydrogen (secondary N) is 1. The highest BCUT2D eigenvalue weighted by molar-refractivity contribution is 9.10. The van der Waals surface area contributed by atoms with Crippen LogP contribution in [0, 0.1) is 0 Å². The summed E-state index contributed by atoms with van der Waals surface area (Å²) in [5, 5.41) is 2.83. The molecule has 1 aliphatic rings. The smallest absolute Gasteiger partial charge is 0.251 e. The van der Waals surface area contributed by atoms with E-state index in [2.05, 4.69) is 21.2 Å². The molecule has 4 nitrogen and oxygen atoms in total. The van der Waals surface area contributed by atoms with E-state index in [1.165, 1.54) is 0 Å². The summed E-state index contributed by atoms with van der Waals surface area (Å²) in [6.07, 6.45) is -0.473. The van der Waals surface area contributed by atoms with Gasteiger partial charge in [-0.1, -0.05) is 28.1 Å². The molecule has 1 atom stereocenters. The van der Waals surface area contributed by atoms with E-state index in [0.717, 1.165) is 10.0 Å². The molecule has 0 radical (unpaired) electrons. The van der Waals surface area contributed by atoms with Gasteiger partial charge in [0.05, 0.1) is 19.8 Å². The quantitative estimate of drug-likeness (QED) is 0.920. The first-order valence-corrected chi connectivity index (χ1v) is 6.26. The van der Waals surface area contributed by atoms with Crippen molar-refractivity contribution < 1.29 is 14.3 Å². The number of amides is 1. The number of carbonyl (C=O) groups excluding carboxylic acids is 1. The third-order valence-corrected chi connectivity index (χ3v) is 3.02. The number of rotatable bonds is 3. The van der Waals surface area contributed by atoms with Crippen LogP contribution in [-0.2, 0) is 20.8 Å². The first-order chi connectivity index (χ1) is 8.25. The van der Waals surface area contributed by atoms with Crippen molar-refractivity contribution in [1.29, 1.82) is 0 Å². The summed E-state index contributed by atoms with van der Waals surface area (Å²) in [5.74, 6) is -0.118. The topological polar surface area (TPSA) is 47.6 Å². The fourth-order valence-electron chi connectivity index (χ4n) is 1.54. The highest BCUT2D eigenvalue weighted by Crippen LogP contribution is 2.10. The molecule has 0 aromatic heterocycles. The van der Waals surface area contributed by atoms with Gasteiger partial charge in [0, 0.05) is 11.0 Å². The average Bonchev–Trinajstić information content (AvgIpc) is 2.39. The van der Waals surface area contributed by atoms with Crippen LogP contribution >= 0.6 is 15.9 Å². The van der Waals surface area contributed by atoms with Crippen LogP contribution in [0.2, 0.25) is 0 Å². The number of carbonyl (C=O) groups is 1. The summed E-state index contributed by atoms with van der Waals surface area (Å²) in [5.41, 5.74) is 1.05. The lowest BCUT2D eigenvalue weighted by molar-refractivity contribution is -0.147. The second-order valence-electron chi connectivity index (χ2n) is 3.78. The monoisotopic (exact) mass is 299 g/mol.